The molecule has 1 N–H and O–H groups in total. The summed E-state index contributed by atoms with van der Waals surface area (Å²) >= 11 is 6.46. The fraction of sp³-hybridized carbons (Fsp3) is 0.476. The number of hydrogen-bond donors (Lipinski definition) is 1. The number of carbonyl (C=O) groups excluding carboxylic acids is 3. The number of amides is 1. The monoisotopic (exact) mass is 435 g/mol. The van der Waals surface area contributed by atoms with Crippen molar-refractivity contribution < 1.29 is 23.9 Å². The van der Waals surface area contributed by atoms with Crippen molar-refractivity contribution in [2.75, 3.05) is 36.4 Å². The van der Waals surface area contributed by atoms with Crippen molar-refractivity contribution in [3.05, 3.63) is 35.0 Å². The molecule has 0 aliphatic carbocycles. The molecule has 162 valence electrons. The minimum absolute atomic E-state index is 0.0410. The van der Waals surface area contributed by atoms with E-state index in [2.05, 4.69) is 10.2 Å². The molecule has 2 saturated heterocycles. The number of hydrogen-bond acceptors (Lipinski definition) is 7. The van der Waals surface area contributed by atoms with Crippen molar-refractivity contribution >= 4 is 40.8 Å². The van der Waals surface area contributed by atoms with Crippen LogP contribution in [-0.2, 0) is 23.9 Å². The molecular formula is C21H26ClN3O5. The minimum Gasteiger partial charge on any atom is -0.419 e. The van der Waals surface area contributed by atoms with Gasteiger partial charge in [-0.05, 0) is 12.1 Å². The Balaban J connectivity index is 1.77. The smallest absolute Gasteiger partial charge is 0.350 e. The lowest BCUT2D eigenvalue weighted by atomic mass is 10.1. The first-order valence-corrected chi connectivity index (χ1v) is 10.2. The molecule has 0 aromatic heterocycles. The molecule has 30 heavy (non-hydrogen) atoms. The molecular weight excluding hydrogens is 410 g/mol. The van der Waals surface area contributed by atoms with Gasteiger partial charge in [0.2, 0.25) is 5.91 Å². The van der Waals surface area contributed by atoms with E-state index in [1.54, 1.807) is 18.2 Å². The van der Waals surface area contributed by atoms with Gasteiger partial charge in [-0.3, -0.25) is 4.79 Å². The van der Waals surface area contributed by atoms with Gasteiger partial charge in [-0.25, -0.2) is 9.59 Å². The number of cyclic esters (lactones) is 2. The van der Waals surface area contributed by atoms with Crippen molar-refractivity contribution in [1.82, 2.24) is 4.90 Å². The summed E-state index contributed by atoms with van der Waals surface area (Å²) < 4.78 is 10.2. The highest BCUT2D eigenvalue weighted by Gasteiger charge is 2.39. The third-order valence-corrected chi connectivity index (χ3v) is 5.18. The summed E-state index contributed by atoms with van der Waals surface area (Å²) in [6.07, 6.45) is 1.27. The molecule has 2 fully saturated rings. The molecule has 2 aliphatic rings. The van der Waals surface area contributed by atoms with E-state index in [9.17, 15) is 14.4 Å². The molecule has 0 atom stereocenters. The zero-order valence-corrected chi connectivity index (χ0v) is 18.3. The summed E-state index contributed by atoms with van der Waals surface area (Å²) in [5.41, 5.74) is 1.14. The van der Waals surface area contributed by atoms with Crippen LogP contribution in [0.2, 0.25) is 5.02 Å². The van der Waals surface area contributed by atoms with Gasteiger partial charge < -0.3 is 24.6 Å². The van der Waals surface area contributed by atoms with Crippen molar-refractivity contribution in [1.29, 1.82) is 0 Å². The van der Waals surface area contributed by atoms with Gasteiger partial charge >= 0.3 is 11.9 Å². The van der Waals surface area contributed by atoms with E-state index in [1.807, 2.05) is 18.7 Å². The summed E-state index contributed by atoms with van der Waals surface area (Å²) in [6.45, 7) is 9.18. The number of para-hydroxylation sites is 1. The molecule has 9 heteroatoms. The molecule has 0 radical (unpaired) electrons. The summed E-state index contributed by atoms with van der Waals surface area (Å²) in [6, 6.07) is 5.34. The van der Waals surface area contributed by atoms with Crippen LogP contribution in [0.5, 0.6) is 0 Å². The average Bonchev–Trinajstić information content (AvgIpc) is 2.66. The molecule has 2 aliphatic heterocycles. The molecule has 1 aromatic carbocycles. The second-order valence-corrected chi connectivity index (χ2v) is 8.39. The van der Waals surface area contributed by atoms with E-state index in [1.165, 1.54) is 20.0 Å². The van der Waals surface area contributed by atoms with Gasteiger partial charge in [0, 0.05) is 52.1 Å². The van der Waals surface area contributed by atoms with E-state index < -0.39 is 17.7 Å². The molecule has 2 heterocycles. The fourth-order valence-corrected chi connectivity index (χ4v) is 3.69. The molecule has 8 nitrogen and oxygen atoms in total. The lowest BCUT2D eigenvalue weighted by molar-refractivity contribution is -0.222. The van der Waals surface area contributed by atoms with Gasteiger partial charge in [-0.15, -0.1) is 0 Å². The third kappa shape index (κ3) is 4.70. The quantitative estimate of drug-likeness (QED) is 0.442. The molecule has 0 unspecified atom stereocenters. The van der Waals surface area contributed by atoms with E-state index in [0.29, 0.717) is 36.9 Å². The molecule has 1 aromatic rings. The van der Waals surface area contributed by atoms with Gasteiger partial charge in [0.25, 0.3) is 5.79 Å². The number of ether oxygens (including phenoxy) is 2. The SMILES string of the molecule is CC(C)C(=O)N1CCN(c2c(Cl)cccc2NC=C2C(=O)OC(C)(C)OC2=O)CC1. The minimum atomic E-state index is -1.29. The van der Waals surface area contributed by atoms with Gasteiger partial charge in [0.05, 0.1) is 16.4 Å². The van der Waals surface area contributed by atoms with E-state index >= 15 is 0 Å². The van der Waals surface area contributed by atoms with Crippen LogP contribution in [0.3, 0.4) is 0 Å². The lowest BCUT2D eigenvalue weighted by Gasteiger charge is -2.38. The summed E-state index contributed by atoms with van der Waals surface area (Å²) in [5, 5.41) is 3.52. The first kappa shape index (κ1) is 22.0. The van der Waals surface area contributed by atoms with E-state index in [-0.39, 0.29) is 17.4 Å². The van der Waals surface area contributed by atoms with Crippen molar-refractivity contribution in [3.8, 4) is 0 Å². The Morgan fingerprint density at radius 1 is 1.13 bits per heavy atom. The Morgan fingerprint density at radius 3 is 2.30 bits per heavy atom. The topological polar surface area (TPSA) is 88.2 Å². The maximum atomic E-state index is 12.2. The number of esters is 2. The van der Waals surface area contributed by atoms with Crippen molar-refractivity contribution in [3.63, 3.8) is 0 Å². The maximum Gasteiger partial charge on any atom is 0.350 e. The van der Waals surface area contributed by atoms with Crippen LogP contribution in [0.4, 0.5) is 11.4 Å². The Bertz CT molecular complexity index is 867. The number of carbonyl (C=O) groups is 3. The Kier molecular flexibility index (Phi) is 6.26. The number of rotatable bonds is 4. The highest BCUT2D eigenvalue weighted by molar-refractivity contribution is 6.34. The lowest BCUT2D eigenvalue weighted by Crippen LogP contribution is -2.50. The van der Waals surface area contributed by atoms with Crippen LogP contribution in [-0.4, -0.2) is 54.7 Å². The predicted molar refractivity (Wildman–Crippen MR) is 113 cm³/mol. The fourth-order valence-electron chi connectivity index (χ4n) is 3.40. The maximum absolute atomic E-state index is 12.2. The van der Waals surface area contributed by atoms with Gasteiger partial charge in [-0.1, -0.05) is 31.5 Å². The first-order valence-electron chi connectivity index (χ1n) is 9.84. The summed E-state index contributed by atoms with van der Waals surface area (Å²) in [4.78, 5) is 40.5. The number of nitrogens with one attached hydrogen (secondary N) is 1. The standard InChI is InChI=1S/C21H26ClN3O5/c1-13(2)18(26)25-10-8-24(9-11-25)17-15(22)6-5-7-16(17)23-12-14-19(27)29-21(3,4)30-20(14)28/h5-7,12-13,23H,8-11H2,1-4H3. The Labute approximate surface area is 180 Å². The average molecular weight is 436 g/mol. The third-order valence-electron chi connectivity index (χ3n) is 4.88. The van der Waals surface area contributed by atoms with Crippen LogP contribution >= 0.6 is 11.6 Å². The number of nitrogens with zero attached hydrogens (tertiary/aromatic N) is 2. The number of halogens is 1. The van der Waals surface area contributed by atoms with Crippen LogP contribution in [0.25, 0.3) is 0 Å². The van der Waals surface area contributed by atoms with Crippen LogP contribution < -0.4 is 10.2 Å². The van der Waals surface area contributed by atoms with Crippen molar-refractivity contribution in [2.24, 2.45) is 5.92 Å². The predicted octanol–water partition coefficient (Wildman–Crippen LogP) is 2.78. The first-order chi connectivity index (χ1) is 14.1. The molecule has 1 amide bonds. The molecule has 0 saturated carbocycles. The van der Waals surface area contributed by atoms with Crippen LogP contribution in [0, 0.1) is 5.92 Å². The molecule has 3 rings (SSSR count). The van der Waals surface area contributed by atoms with Crippen molar-refractivity contribution in [2.45, 2.75) is 33.5 Å². The zero-order chi connectivity index (χ0) is 22.1. The van der Waals surface area contributed by atoms with E-state index in [4.69, 9.17) is 21.1 Å². The molecule has 0 bridgehead atoms. The zero-order valence-electron chi connectivity index (χ0n) is 17.5. The number of benzene rings is 1. The Hall–Kier alpha value is -2.74. The highest BCUT2D eigenvalue weighted by atomic mass is 35.5. The van der Waals surface area contributed by atoms with Crippen LogP contribution in [0.1, 0.15) is 27.7 Å². The molecule has 0 spiro atoms. The number of piperazine rings is 1. The number of anilines is 2. The second kappa shape index (κ2) is 8.55. The summed E-state index contributed by atoms with van der Waals surface area (Å²) in [7, 11) is 0. The normalized spacial score (nSPS) is 18.8. The second-order valence-electron chi connectivity index (χ2n) is 7.98. The van der Waals surface area contributed by atoms with Crippen LogP contribution in [0.15, 0.2) is 30.0 Å². The van der Waals surface area contributed by atoms with Gasteiger partial charge in [0.1, 0.15) is 0 Å². The van der Waals surface area contributed by atoms with Gasteiger partial charge in [0.15, 0.2) is 5.57 Å². The van der Waals surface area contributed by atoms with E-state index in [0.717, 1.165) is 5.69 Å². The highest BCUT2D eigenvalue weighted by Crippen LogP contribution is 2.35. The Morgan fingerprint density at radius 2 is 1.73 bits per heavy atom. The summed E-state index contributed by atoms with van der Waals surface area (Å²) in [5.74, 6) is -2.71. The van der Waals surface area contributed by atoms with Gasteiger partial charge in [-0.2, -0.15) is 0 Å². The largest absolute Gasteiger partial charge is 0.419 e.